The van der Waals surface area contributed by atoms with E-state index in [0.29, 0.717) is 31.4 Å². The molecule has 1 aliphatic heterocycles. The minimum atomic E-state index is -0.628. The summed E-state index contributed by atoms with van der Waals surface area (Å²) < 4.78 is 11.0. The lowest BCUT2D eigenvalue weighted by Gasteiger charge is -2.10. The first-order valence-electron chi connectivity index (χ1n) is 10.8. The molecule has 0 atom stereocenters. The van der Waals surface area contributed by atoms with Gasteiger partial charge in [0.1, 0.15) is 28.7 Å². The van der Waals surface area contributed by atoms with Crippen molar-refractivity contribution in [1.82, 2.24) is 0 Å². The van der Waals surface area contributed by atoms with Crippen LogP contribution in [0.1, 0.15) is 18.1 Å². The molecule has 1 N–H and O–H groups in total. The van der Waals surface area contributed by atoms with Gasteiger partial charge in [-0.1, -0.05) is 77.4 Å². The number of benzene rings is 3. The zero-order chi connectivity index (χ0) is 24.8. The van der Waals surface area contributed by atoms with E-state index in [1.165, 1.54) is 11.8 Å². The Kier molecular flexibility index (Phi) is 8.18. The van der Waals surface area contributed by atoms with Gasteiger partial charge in [0, 0.05) is 10.6 Å². The lowest BCUT2D eigenvalue weighted by Crippen LogP contribution is -2.12. The molecule has 4 rings (SSSR count). The number of ether oxygens (including phenoxy) is 2. The third-order valence-corrected chi connectivity index (χ3v) is 6.64. The number of halogens is 2. The van der Waals surface area contributed by atoms with Crippen LogP contribution in [0.25, 0.3) is 6.08 Å². The van der Waals surface area contributed by atoms with Crippen LogP contribution in [-0.4, -0.2) is 22.7 Å². The molecule has 5 nitrogen and oxygen atoms in total. The molecule has 3 aromatic carbocycles. The highest BCUT2D eigenvalue weighted by Gasteiger charge is 2.33. The standard InChI is InChI=1S/C27H21Cl2NO4S/c1-2-33-27(32)24-25(31)23(35-26(24)30-19-9-4-3-5-10-19)15-17-12-13-22(21(29)14-17)34-16-18-8-6-7-11-20(18)28/h3-15,31H,2,16H2,1H3/b23-15-,30-26?. The molecule has 35 heavy (non-hydrogen) atoms. The summed E-state index contributed by atoms with van der Waals surface area (Å²) in [4.78, 5) is 17.6. The molecule has 0 bridgehead atoms. The Morgan fingerprint density at radius 3 is 2.49 bits per heavy atom. The number of hydrogen-bond donors (Lipinski definition) is 1. The zero-order valence-electron chi connectivity index (χ0n) is 18.7. The van der Waals surface area contributed by atoms with E-state index in [0.717, 1.165) is 11.1 Å². The number of aliphatic imine (C=N–C) groups is 1. The van der Waals surface area contributed by atoms with Crippen molar-refractivity contribution in [3.05, 3.63) is 110 Å². The van der Waals surface area contributed by atoms with Gasteiger partial charge in [-0.3, -0.25) is 0 Å². The van der Waals surface area contributed by atoms with Crippen molar-refractivity contribution in [2.75, 3.05) is 6.61 Å². The second-order valence-corrected chi connectivity index (χ2v) is 9.22. The SMILES string of the molecule is CCOC(=O)C1=C(O)/C(=C/c2ccc(OCc3ccccc3Cl)c(Cl)c2)SC1=Nc1ccccc1. The van der Waals surface area contributed by atoms with Crippen molar-refractivity contribution in [2.24, 2.45) is 4.99 Å². The van der Waals surface area contributed by atoms with Crippen molar-refractivity contribution in [1.29, 1.82) is 0 Å². The molecule has 178 valence electrons. The maximum Gasteiger partial charge on any atom is 0.344 e. The van der Waals surface area contributed by atoms with Gasteiger partial charge in [-0.2, -0.15) is 0 Å². The van der Waals surface area contributed by atoms with E-state index >= 15 is 0 Å². The second-order valence-electron chi connectivity index (χ2n) is 7.38. The number of aliphatic hydroxyl groups is 1. The van der Waals surface area contributed by atoms with Crippen LogP contribution >= 0.6 is 35.0 Å². The molecule has 3 aromatic rings. The van der Waals surface area contributed by atoms with E-state index in [2.05, 4.69) is 4.99 Å². The van der Waals surface area contributed by atoms with Crippen LogP contribution in [0.15, 0.2) is 94.0 Å². The van der Waals surface area contributed by atoms with Crippen LogP contribution in [0.2, 0.25) is 10.0 Å². The molecule has 0 saturated carbocycles. The first-order valence-corrected chi connectivity index (χ1v) is 12.3. The van der Waals surface area contributed by atoms with Gasteiger partial charge >= 0.3 is 5.97 Å². The number of thioether (sulfide) groups is 1. The molecule has 0 fully saturated rings. The van der Waals surface area contributed by atoms with Crippen molar-refractivity contribution in [2.45, 2.75) is 13.5 Å². The van der Waals surface area contributed by atoms with E-state index in [1.54, 1.807) is 31.2 Å². The van der Waals surface area contributed by atoms with E-state index in [9.17, 15) is 9.90 Å². The Bertz CT molecular complexity index is 1340. The molecule has 1 aliphatic rings. The van der Waals surface area contributed by atoms with Crippen LogP contribution in [0, 0.1) is 0 Å². The first-order chi connectivity index (χ1) is 17.0. The third-order valence-electron chi connectivity index (χ3n) is 4.95. The Balaban J connectivity index is 1.59. The van der Waals surface area contributed by atoms with E-state index in [-0.39, 0.29) is 24.5 Å². The quantitative estimate of drug-likeness (QED) is 0.319. The average Bonchev–Trinajstić information content (AvgIpc) is 3.14. The maximum atomic E-state index is 12.6. The summed E-state index contributed by atoms with van der Waals surface area (Å²) in [6.07, 6.45) is 1.73. The highest BCUT2D eigenvalue weighted by molar-refractivity contribution is 8.18. The summed E-state index contributed by atoms with van der Waals surface area (Å²) in [6, 6.07) is 21.9. The van der Waals surface area contributed by atoms with Gasteiger partial charge < -0.3 is 14.6 Å². The molecule has 1 heterocycles. The number of para-hydroxylation sites is 1. The predicted molar refractivity (Wildman–Crippen MR) is 143 cm³/mol. The lowest BCUT2D eigenvalue weighted by atomic mass is 10.1. The smallest absolute Gasteiger partial charge is 0.344 e. The Morgan fingerprint density at radius 2 is 1.77 bits per heavy atom. The van der Waals surface area contributed by atoms with Crippen LogP contribution in [0.4, 0.5) is 5.69 Å². The molecule has 0 aromatic heterocycles. The van der Waals surface area contributed by atoms with Gasteiger partial charge in [0.05, 0.1) is 22.2 Å². The molecular weight excluding hydrogens is 505 g/mol. The Hall–Kier alpha value is -3.19. The first kappa shape index (κ1) is 24.9. The molecule has 8 heteroatoms. The topological polar surface area (TPSA) is 68.1 Å². The monoisotopic (exact) mass is 525 g/mol. The van der Waals surface area contributed by atoms with Gasteiger partial charge in [-0.15, -0.1) is 0 Å². The number of carbonyl (C=O) groups is 1. The van der Waals surface area contributed by atoms with Crippen LogP contribution < -0.4 is 4.74 Å². The number of esters is 1. The number of carbonyl (C=O) groups excluding carboxylic acids is 1. The second kappa shape index (κ2) is 11.5. The predicted octanol–water partition coefficient (Wildman–Crippen LogP) is 7.77. The fourth-order valence-electron chi connectivity index (χ4n) is 3.26. The number of nitrogens with zero attached hydrogens (tertiary/aromatic N) is 1. The van der Waals surface area contributed by atoms with E-state index in [4.69, 9.17) is 32.7 Å². The number of aliphatic hydroxyl groups excluding tert-OH is 1. The van der Waals surface area contributed by atoms with Crippen molar-refractivity contribution in [3.8, 4) is 5.75 Å². The average molecular weight is 526 g/mol. The minimum Gasteiger partial charge on any atom is -0.506 e. The molecule has 0 radical (unpaired) electrons. The van der Waals surface area contributed by atoms with E-state index < -0.39 is 5.97 Å². The highest BCUT2D eigenvalue weighted by Crippen LogP contribution is 2.40. The largest absolute Gasteiger partial charge is 0.506 e. The number of hydrogen-bond acceptors (Lipinski definition) is 6. The van der Waals surface area contributed by atoms with Crippen LogP contribution in [0.3, 0.4) is 0 Å². The minimum absolute atomic E-state index is 0.0396. The van der Waals surface area contributed by atoms with Gasteiger partial charge in [-0.25, -0.2) is 9.79 Å². The van der Waals surface area contributed by atoms with Crippen LogP contribution in [0.5, 0.6) is 5.75 Å². The van der Waals surface area contributed by atoms with Crippen molar-refractivity contribution >= 4 is 57.7 Å². The van der Waals surface area contributed by atoms with Gasteiger partial charge in [0.25, 0.3) is 0 Å². The Labute approximate surface area is 217 Å². The molecule has 0 aliphatic carbocycles. The van der Waals surface area contributed by atoms with Gasteiger partial charge in [0.15, 0.2) is 0 Å². The summed E-state index contributed by atoms with van der Waals surface area (Å²) >= 11 is 13.8. The Morgan fingerprint density at radius 1 is 1.03 bits per heavy atom. The maximum absolute atomic E-state index is 12.6. The fourth-order valence-corrected chi connectivity index (χ4v) is 4.73. The third kappa shape index (κ3) is 6.09. The summed E-state index contributed by atoms with van der Waals surface area (Å²) in [5, 5.41) is 12.2. The molecule has 0 unspecified atom stereocenters. The lowest BCUT2D eigenvalue weighted by molar-refractivity contribution is -0.138. The number of rotatable bonds is 7. The summed E-state index contributed by atoms with van der Waals surface area (Å²) in [7, 11) is 0. The molecule has 0 amide bonds. The zero-order valence-corrected chi connectivity index (χ0v) is 21.0. The van der Waals surface area contributed by atoms with Crippen LogP contribution in [-0.2, 0) is 16.1 Å². The highest BCUT2D eigenvalue weighted by atomic mass is 35.5. The summed E-state index contributed by atoms with van der Waals surface area (Å²) in [6.45, 7) is 2.17. The summed E-state index contributed by atoms with van der Waals surface area (Å²) in [5.74, 6) is -0.304. The van der Waals surface area contributed by atoms with E-state index in [1.807, 2.05) is 54.6 Å². The molecule has 0 saturated heterocycles. The van der Waals surface area contributed by atoms with Gasteiger partial charge in [0.2, 0.25) is 0 Å². The normalized spacial score (nSPS) is 15.6. The molecule has 0 spiro atoms. The van der Waals surface area contributed by atoms with Crippen molar-refractivity contribution in [3.63, 3.8) is 0 Å². The van der Waals surface area contributed by atoms with Crippen molar-refractivity contribution < 1.29 is 19.4 Å². The molecular formula is C27H21Cl2NO4S. The fraction of sp³-hybridized carbons (Fsp3) is 0.111. The van der Waals surface area contributed by atoms with Gasteiger partial charge in [-0.05, 0) is 48.9 Å². The summed E-state index contributed by atoms with van der Waals surface area (Å²) in [5.41, 5.74) is 2.27.